The molecule has 0 bridgehead atoms. The van der Waals surface area contributed by atoms with Crippen LogP contribution < -0.4 is 4.90 Å². The van der Waals surface area contributed by atoms with E-state index in [2.05, 4.69) is 280 Å². The monoisotopic (exact) mass is 915 g/mol. The fourth-order valence-electron chi connectivity index (χ4n) is 14.1. The van der Waals surface area contributed by atoms with Crippen molar-refractivity contribution in [3.8, 4) is 55.6 Å². The van der Waals surface area contributed by atoms with Gasteiger partial charge in [0.2, 0.25) is 0 Å². The standard InChI is InChI=1S/C71H49N/c1-69(2)59-30-10-6-27-56(59)58-29-19-28-52(68(58)69)46-38-41-50(42-39-46)72(49-21-4-3-5-22-49)51-23-18-20-47(44-51)48-40-43-57-55-26-9-13-33-62(55)71(67(57)45-48)65-36-16-14-34-63(65)70(64-35-15-17-37-66(64)71)60-31-11-7-24-53(60)54-25-8-12-32-61(54)70/h3-45H,1-2H3. The average Bonchev–Trinajstić information content (AvgIpc) is 4.01. The van der Waals surface area contributed by atoms with Gasteiger partial charge in [-0.3, -0.25) is 0 Å². The molecule has 15 rings (SSSR count). The van der Waals surface area contributed by atoms with Crippen molar-refractivity contribution in [3.63, 3.8) is 0 Å². The number of anilines is 3. The third-order valence-corrected chi connectivity index (χ3v) is 16.9. The van der Waals surface area contributed by atoms with Crippen LogP contribution >= 0.6 is 0 Å². The van der Waals surface area contributed by atoms with Crippen LogP contribution in [0.1, 0.15) is 69.5 Å². The summed E-state index contributed by atoms with van der Waals surface area (Å²) in [6, 6.07) is 98.4. The van der Waals surface area contributed by atoms with Gasteiger partial charge in [-0.1, -0.05) is 232 Å². The maximum atomic E-state index is 2.52. The first-order valence-corrected chi connectivity index (χ1v) is 25.4. The average molecular weight is 916 g/mol. The number of rotatable bonds is 5. The molecule has 72 heavy (non-hydrogen) atoms. The first-order valence-electron chi connectivity index (χ1n) is 25.4. The number of benzene rings is 11. The third-order valence-electron chi connectivity index (χ3n) is 16.9. The van der Waals surface area contributed by atoms with E-state index < -0.39 is 10.8 Å². The fourth-order valence-corrected chi connectivity index (χ4v) is 14.1. The molecule has 0 saturated heterocycles. The first-order chi connectivity index (χ1) is 35.5. The normalized spacial score (nSPS) is 14.9. The highest BCUT2D eigenvalue weighted by atomic mass is 15.1. The number of nitrogens with zero attached hydrogens (tertiary/aromatic N) is 1. The molecule has 0 unspecified atom stereocenters. The Morgan fingerprint density at radius 2 is 0.611 bits per heavy atom. The van der Waals surface area contributed by atoms with Crippen molar-refractivity contribution in [2.24, 2.45) is 0 Å². The molecule has 0 heterocycles. The minimum atomic E-state index is -0.556. The summed E-state index contributed by atoms with van der Waals surface area (Å²) in [5, 5.41) is 0. The quantitative estimate of drug-likeness (QED) is 0.166. The molecule has 0 amide bonds. The molecule has 0 atom stereocenters. The van der Waals surface area contributed by atoms with Crippen LogP contribution in [0.25, 0.3) is 55.6 Å². The molecule has 1 nitrogen and oxygen atoms in total. The summed E-state index contributed by atoms with van der Waals surface area (Å²) in [6.07, 6.45) is 0. The Hall–Kier alpha value is -8.78. The molecule has 0 N–H and O–H groups in total. The van der Waals surface area contributed by atoms with E-state index in [1.807, 2.05) is 0 Å². The fraction of sp³-hybridized carbons (Fsp3) is 0.0704. The minimum Gasteiger partial charge on any atom is -0.310 e. The van der Waals surface area contributed by atoms with Gasteiger partial charge in [0, 0.05) is 22.5 Å². The second-order valence-corrected chi connectivity index (χ2v) is 20.7. The Morgan fingerprint density at radius 3 is 1.18 bits per heavy atom. The Labute approximate surface area is 422 Å². The van der Waals surface area contributed by atoms with E-state index in [0.717, 1.165) is 17.1 Å². The zero-order valence-corrected chi connectivity index (χ0v) is 40.3. The van der Waals surface area contributed by atoms with Gasteiger partial charge in [0.15, 0.2) is 0 Å². The number of fused-ring (bicyclic) bond motifs is 19. The van der Waals surface area contributed by atoms with Crippen molar-refractivity contribution in [2.75, 3.05) is 4.90 Å². The van der Waals surface area contributed by atoms with E-state index in [1.54, 1.807) is 0 Å². The predicted molar refractivity (Wildman–Crippen MR) is 298 cm³/mol. The molecule has 0 aliphatic heterocycles. The maximum absolute atomic E-state index is 2.52. The van der Waals surface area contributed by atoms with Crippen LogP contribution in [0.15, 0.2) is 261 Å². The van der Waals surface area contributed by atoms with Gasteiger partial charge in [0.1, 0.15) is 0 Å². The Kier molecular flexibility index (Phi) is 8.62. The highest BCUT2D eigenvalue weighted by Crippen LogP contribution is 2.67. The van der Waals surface area contributed by atoms with E-state index in [1.165, 1.54) is 111 Å². The van der Waals surface area contributed by atoms with Gasteiger partial charge >= 0.3 is 0 Å². The van der Waals surface area contributed by atoms with Crippen LogP contribution in [-0.2, 0) is 16.2 Å². The van der Waals surface area contributed by atoms with Crippen molar-refractivity contribution in [1.82, 2.24) is 0 Å². The first kappa shape index (κ1) is 41.0. The van der Waals surface area contributed by atoms with E-state index >= 15 is 0 Å². The predicted octanol–water partition coefficient (Wildman–Crippen LogP) is 17.8. The van der Waals surface area contributed by atoms with Crippen LogP contribution in [0.2, 0.25) is 0 Å². The summed E-state index contributed by atoms with van der Waals surface area (Å²) in [6.45, 7) is 4.74. The van der Waals surface area contributed by atoms with Gasteiger partial charge in [0.25, 0.3) is 0 Å². The van der Waals surface area contributed by atoms with Gasteiger partial charge in [0.05, 0.1) is 10.8 Å². The second-order valence-electron chi connectivity index (χ2n) is 20.7. The molecular weight excluding hydrogens is 867 g/mol. The third kappa shape index (κ3) is 5.32. The molecule has 4 aliphatic carbocycles. The zero-order chi connectivity index (χ0) is 47.8. The molecule has 0 aromatic heterocycles. The Balaban J connectivity index is 0.887. The van der Waals surface area contributed by atoms with Gasteiger partial charge < -0.3 is 4.90 Å². The lowest BCUT2D eigenvalue weighted by molar-refractivity contribution is 0.633. The lowest BCUT2D eigenvalue weighted by atomic mass is 9.52. The number of hydrogen-bond donors (Lipinski definition) is 0. The Morgan fingerprint density at radius 1 is 0.236 bits per heavy atom. The van der Waals surface area contributed by atoms with E-state index in [9.17, 15) is 0 Å². The van der Waals surface area contributed by atoms with E-state index in [0.29, 0.717) is 0 Å². The topological polar surface area (TPSA) is 3.24 Å². The summed E-state index contributed by atoms with van der Waals surface area (Å²) in [5.74, 6) is 0. The molecule has 338 valence electrons. The van der Waals surface area contributed by atoms with Crippen LogP contribution in [0.3, 0.4) is 0 Å². The largest absolute Gasteiger partial charge is 0.310 e. The van der Waals surface area contributed by atoms with Crippen LogP contribution in [0.5, 0.6) is 0 Å². The van der Waals surface area contributed by atoms with Crippen molar-refractivity contribution >= 4 is 17.1 Å². The molecule has 1 heteroatoms. The number of hydrogen-bond acceptors (Lipinski definition) is 1. The Bertz CT molecular complexity index is 3930. The van der Waals surface area contributed by atoms with E-state index in [-0.39, 0.29) is 5.41 Å². The van der Waals surface area contributed by atoms with E-state index in [4.69, 9.17) is 0 Å². The summed E-state index contributed by atoms with van der Waals surface area (Å²) >= 11 is 0. The molecule has 0 saturated carbocycles. The van der Waals surface area contributed by atoms with Gasteiger partial charge in [-0.15, -0.1) is 0 Å². The number of para-hydroxylation sites is 1. The van der Waals surface area contributed by atoms with Crippen LogP contribution in [0, 0.1) is 0 Å². The maximum Gasteiger partial charge on any atom is 0.0720 e. The molecule has 11 aromatic carbocycles. The van der Waals surface area contributed by atoms with Gasteiger partial charge in [-0.05, 0) is 154 Å². The summed E-state index contributed by atoms with van der Waals surface area (Å²) in [7, 11) is 0. The molecule has 0 radical (unpaired) electrons. The second kappa shape index (κ2) is 15.1. The molecule has 11 aromatic rings. The summed E-state index contributed by atoms with van der Waals surface area (Å²) in [5.41, 5.74) is 28.6. The van der Waals surface area contributed by atoms with Crippen molar-refractivity contribution in [1.29, 1.82) is 0 Å². The van der Waals surface area contributed by atoms with Crippen molar-refractivity contribution in [2.45, 2.75) is 30.1 Å². The minimum absolute atomic E-state index is 0.0992. The SMILES string of the molecule is CC1(C)c2ccccc2-c2cccc(-c3ccc(N(c4ccccc4)c4cccc(-c5ccc6c(c5)C5(c7ccccc7-6)c6ccccc6C6(c7ccccc7-c7ccccc76)c6ccccc65)c4)cc3)c21. The molecule has 4 aliphatic rings. The lowest BCUT2D eigenvalue weighted by Gasteiger charge is -2.48. The highest BCUT2D eigenvalue weighted by molar-refractivity contribution is 5.95. The molecular formula is C71H49N. The summed E-state index contributed by atoms with van der Waals surface area (Å²) in [4.78, 5) is 2.40. The van der Waals surface area contributed by atoms with Crippen molar-refractivity contribution in [3.05, 3.63) is 316 Å². The molecule has 2 spiro atoms. The van der Waals surface area contributed by atoms with Gasteiger partial charge in [-0.2, -0.15) is 0 Å². The summed E-state index contributed by atoms with van der Waals surface area (Å²) < 4.78 is 0. The smallest absolute Gasteiger partial charge is 0.0720 e. The van der Waals surface area contributed by atoms with Crippen LogP contribution in [-0.4, -0.2) is 0 Å². The zero-order valence-electron chi connectivity index (χ0n) is 40.3. The van der Waals surface area contributed by atoms with Gasteiger partial charge in [-0.25, -0.2) is 0 Å². The molecule has 0 fully saturated rings. The highest BCUT2D eigenvalue weighted by Gasteiger charge is 2.59. The van der Waals surface area contributed by atoms with Crippen LogP contribution in [0.4, 0.5) is 17.1 Å². The van der Waals surface area contributed by atoms with Crippen molar-refractivity contribution < 1.29 is 0 Å². The lowest BCUT2D eigenvalue weighted by Crippen LogP contribution is -2.43.